The summed E-state index contributed by atoms with van der Waals surface area (Å²) in [6.45, 7) is 5.40. The standard InChI is InChI=1S/C15H24N2O4/c1-3-7-21-15-9-13(8-14(10-15)17(19)20)16-6-4-5-12(2)11-18/h8-10,12,16,18H,3-7,11H2,1-2H3. The summed E-state index contributed by atoms with van der Waals surface area (Å²) < 4.78 is 5.47. The molecule has 1 atom stereocenters. The maximum absolute atomic E-state index is 10.9. The van der Waals surface area contributed by atoms with E-state index in [9.17, 15) is 10.1 Å². The Labute approximate surface area is 125 Å². The molecule has 0 fully saturated rings. The zero-order chi connectivity index (χ0) is 15.7. The summed E-state index contributed by atoms with van der Waals surface area (Å²) in [6, 6.07) is 4.72. The lowest BCUT2D eigenvalue weighted by atomic mass is 10.1. The van der Waals surface area contributed by atoms with Crippen molar-refractivity contribution in [1.29, 1.82) is 0 Å². The molecule has 0 amide bonds. The third kappa shape index (κ3) is 6.44. The first-order valence-corrected chi connectivity index (χ1v) is 7.33. The van der Waals surface area contributed by atoms with Gasteiger partial charge in [0.05, 0.1) is 17.6 Å². The minimum absolute atomic E-state index is 0.0230. The van der Waals surface area contributed by atoms with E-state index in [4.69, 9.17) is 9.84 Å². The number of benzene rings is 1. The van der Waals surface area contributed by atoms with E-state index in [-0.39, 0.29) is 18.2 Å². The molecule has 1 unspecified atom stereocenters. The van der Waals surface area contributed by atoms with Crippen molar-refractivity contribution in [1.82, 2.24) is 0 Å². The Balaban J connectivity index is 2.62. The molecule has 0 bridgehead atoms. The smallest absolute Gasteiger partial charge is 0.275 e. The highest BCUT2D eigenvalue weighted by molar-refractivity contribution is 5.56. The van der Waals surface area contributed by atoms with Gasteiger partial charge in [0.1, 0.15) is 5.75 Å². The summed E-state index contributed by atoms with van der Waals surface area (Å²) in [4.78, 5) is 10.5. The van der Waals surface area contributed by atoms with Crippen LogP contribution in [-0.4, -0.2) is 29.8 Å². The molecule has 0 aliphatic carbocycles. The van der Waals surface area contributed by atoms with E-state index in [1.807, 2.05) is 13.8 Å². The first-order valence-electron chi connectivity index (χ1n) is 7.33. The fourth-order valence-corrected chi connectivity index (χ4v) is 1.87. The Morgan fingerprint density at radius 2 is 2.19 bits per heavy atom. The summed E-state index contributed by atoms with van der Waals surface area (Å²) in [6.07, 6.45) is 2.66. The second-order valence-electron chi connectivity index (χ2n) is 5.18. The molecule has 1 aromatic rings. The lowest BCUT2D eigenvalue weighted by Crippen LogP contribution is -2.07. The van der Waals surface area contributed by atoms with Crippen LogP contribution < -0.4 is 10.1 Å². The molecule has 0 saturated heterocycles. The summed E-state index contributed by atoms with van der Waals surface area (Å²) >= 11 is 0. The molecule has 0 aliphatic rings. The molecule has 2 N–H and O–H groups in total. The maximum Gasteiger partial charge on any atom is 0.275 e. The number of nitrogens with one attached hydrogen (secondary N) is 1. The Hall–Kier alpha value is -1.82. The summed E-state index contributed by atoms with van der Waals surface area (Å²) in [5.74, 6) is 0.789. The van der Waals surface area contributed by atoms with Crippen LogP contribution in [0.15, 0.2) is 18.2 Å². The number of non-ortho nitro benzene ring substituents is 1. The second-order valence-corrected chi connectivity index (χ2v) is 5.18. The van der Waals surface area contributed by atoms with E-state index in [1.165, 1.54) is 12.1 Å². The SMILES string of the molecule is CCCOc1cc(NCCCC(C)CO)cc([N+](=O)[O-])c1. The highest BCUT2D eigenvalue weighted by Gasteiger charge is 2.10. The molecule has 1 aromatic carbocycles. The highest BCUT2D eigenvalue weighted by atomic mass is 16.6. The molecule has 0 saturated carbocycles. The van der Waals surface area contributed by atoms with Crippen molar-refractivity contribution in [2.45, 2.75) is 33.1 Å². The van der Waals surface area contributed by atoms with E-state index < -0.39 is 4.92 Å². The first kappa shape index (κ1) is 17.2. The molecule has 21 heavy (non-hydrogen) atoms. The number of hydrogen-bond donors (Lipinski definition) is 2. The number of nitro groups is 1. The topological polar surface area (TPSA) is 84.6 Å². The zero-order valence-electron chi connectivity index (χ0n) is 12.7. The van der Waals surface area contributed by atoms with Crippen LogP contribution in [0.4, 0.5) is 11.4 Å². The zero-order valence-corrected chi connectivity index (χ0v) is 12.7. The summed E-state index contributed by atoms with van der Waals surface area (Å²) in [7, 11) is 0. The lowest BCUT2D eigenvalue weighted by molar-refractivity contribution is -0.384. The number of nitro benzene ring substituents is 1. The molecule has 0 spiro atoms. The highest BCUT2D eigenvalue weighted by Crippen LogP contribution is 2.26. The number of hydrogen-bond acceptors (Lipinski definition) is 5. The van der Waals surface area contributed by atoms with Crippen molar-refractivity contribution in [3.05, 3.63) is 28.3 Å². The van der Waals surface area contributed by atoms with Crippen molar-refractivity contribution < 1.29 is 14.8 Å². The van der Waals surface area contributed by atoms with E-state index in [1.54, 1.807) is 6.07 Å². The number of rotatable bonds is 10. The monoisotopic (exact) mass is 296 g/mol. The minimum atomic E-state index is -0.419. The molecule has 0 aliphatic heterocycles. The van der Waals surface area contributed by atoms with Crippen LogP contribution >= 0.6 is 0 Å². The predicted molar refractivity (Wildman–Crippen MR) is 82.9 cm³/mol. The number of anilines is 1. The van der Waals surface area contributed by atoms with Gasteiger partial charge in [-0.1, -0.05) is 13.8 Å². The fraction of sp³-hybridized carbons (Fsp3) is 0.600. The van der Waals surface area contributed by atoms with Crippen LogP contribution in [0.2, 0.25) is 0 Å². The van der Waals surface area contributed by atoms with Gasteiger partial charge in [-0.2, -0.15) is 0 Å². The van der Waals surface area contributed by atoms with E-state index in [2.05, 4.69) is 5.32 Å². The fourth-order valence-electron chi connectivity index (χ4n) is 1.87. The van der Waals surface area contributed by atoms with Crippen LogP contribution in [0.3, 0.4) is 0 Å². The van der Waals surface area contributed by atoms with Gasteiger partial charge in [0.15, 0.2) is 0 Å². The van der Waals surface area contributed by atoms with Crippen LogP contribution in [0.1, 0.15) is 33.1 Å². The summed E-state index contributed by atoms with van der Waals surface area (Å²) in [5.41, 5.74) is 0.710. The molecule has 0 radical (unpaired) electrons. The van der Waals surface area contributed by atoms with Gasteiger partial charge in [0.2, 0.25) is 0 Å². The van der Waals surface area contributed by atoms with E-state index in [0.717, 1.165) is 19.3 Å². The van der Waals surface area contributed by atoms with Gasteiger partial charge in [0.25, 0.3) is 5.69 Å². The van der Waals surface area contributed by atoms with Gasteiger partial charge in [0, 0.05) is 31.0 Å². The quantitative estimate of drug-likeness (QED) is 0.393. The van der Waals surface area contributed by atoms with Gasteiger partial charge in [-0.05, 0) is 25.2 Å². The average molecular weight is 296 g/mol. The number of ether oxygens (including phenoxy) is 1. The number of nitrogens with zero attached hydrogens (tertiary/aromatic N) is 1. The molecule has 0 heterocycles. The number of aliphatic hydroxyl groups excluding tert-OH is 1. The molecule has 0 aromatic heterocycles. The van der Waals surface area contributed by atoms with Crippen molar-refractivity contribution in [2.24, 2.45) is 5.92 Å². The third-order valence-electron chi connectivity index (χ3n) is 3.09. The largest absolute Gasteiger partial charge is 0.493 e. The van der Waals surface area contributed by atoms with Gasteiger partial charge in [-0.3, -0.25) is 10.1 Å². The molecule has 6 nitrogen and oxygen atoms in total. The Morgan fingerprint density at radius 3 is 2.81 bits per heavy atom. The van der Waals surface area contributed by atoms with Gasteiger partial charge in [-0.15, -0.1) is 0 Å². The number of aliphatic hydroxyl groups is 1. The van der Waals surface area contributed by atoms with Crippen LogP contribution in [-0.2, 0) is 0 Å². The van der Waals surface area contributed by atoms with Crippen LogP contribution in [0.5, 0.6) is 5.75 Å². The molecule has 1 rings (SSSR count). The van der Waals surface area contributed by atoms with Crippen molar-refractivity contribution >= 4 is 11.4 Å². The van der Waals surface area contributed by atoms with Crippen molar-refractivity contribution in [3.8, 4) is 5.75 Å². The predicted octanol–water partition coefficient (Wildman–Crippen LogP) is 3.20. The molecular weight excluding hydrogens is 272 g/mol. The lowest BCUT2D eigenvalue weighted by Gasteiger charge is -2.11. The van der Waals surface area contributed by atoms with E-state index >= 15 is 0 Å². The molecule has 6 heteroatoms. The Bertz CT molecular complexity index is 451. The van der Waals surface area contributed by atoms with Gasteiger partial charge >= 0.3 is 0 Å². The maximum atomic E-state index is 10.9. The minimum Gasteiger partial charge on any atom is -0.493 e. The average Bonchev–Trinajstić information content (AvgIpc) is 2.49. The van der Waals surface area contributed by atoms with Crippen LogP contribution in [0.25, 0.3) is 0 Å². The molecule has 118 valence electrons. The normalized spacial score (nSPS) is 12.0. The molecular formula is C15H24N2O4. The second kappa shape index (κ2) is 9.18. The van der Waals surface area contributed by atoms with Crippen molar-refractivity contribution in [3.63, 3.8) is 0 Å². The van der Waals surface area contributed by atoms with Gasteiger partial charge in [-0.25, -0.2) is 0 Å². The Kier molecular flexibility index (Phi) is 7.53. The first-order chi connectivity index (χ1) is 10.1. The Morgan fingerprint density at radius 1 is 1.43 bits per heavy atom. The van der Waals surface area contributed by atoms with E-state index in [0.29, 0.717) is 24.6 Å². The summed E-state index contributed by atoms with van der Waals surface area (Å²) in [5, 5.41) is 23.1. The third-order valence-corrected chi connectivity index (χ3v) is 3.09. The van der Waals surface area contributed by atoms with Crippen molar-refractivity contribution in [2.75, 3.05) is 25.1 Å². The van der Waals surface area contributed by atoms with Crippen LogP contribution in [0, 0.1) is 16.0 Å². The van der Waals surface area contributed by atoms with Gasteiger partial charge < -0.3 is 15.2 Å².